The van der Waals surface area contributed by atoms with Crippen LogP contribution in [0.2, 0.25) is 0 Å². The molecule has 1 amide bonds. The van der Waals surface area contributed by atoms with Gasteiger partial charge in [-0.25, -0.2) is 0 Å². The Balaban J connectivity index is 1.59. The Kier molecular flexibility index (Phi) is 5.08. The number of rotatable bonds is 3. The molecule has 1 aromatic rings. The maximum Gasteiger partial charge on any atom is 0.253 e. The van der Waals surface area contributed by atoms with E-state index in [1.54, 1.807) is 0 Å². The average Bonchev–Trinajstić information content (AvgIpc) is 2.56. The molecule has 2 aliphatic heterocycles. The van der Waals surface area contributed by atoms with Crippen molar-refractivity contribution in [3.8, 4) is 0 Å². The van der Waals surface area contributed by atoms with Crippen LogP contribution in [0.5, 0.6) is 0 Å². The van der Waals surface area contributed by atoms with E-state index in [9.17, 15) is 4.79 Å². The minimum absolute atomic E-state index is 0.105. The third-order valence-electron chi connectivity index (χ3n) is 4.46. The van der Waals surface area contributed by atoms with Crippen molar-refractivity contribution in [1.29, 1.82) is 0 Å². The largest absolute Gasteiger partial charge is 0.379 e. The van der Waals surface area contributed by atoms with Gasteiger partial charge in [0.05, 0.1) is 13.2 Å². The van der Waals surface area contributed by atoms with Gasteiger partial charge in [0.25, 0.3) is 5.91 Å². The molecule has 2 fully saturated rings. The topological polar surface area (TPSA) is 58.8 Å². The Bertz CT molecular complexity index is 497. The molecule has 0 bridgehead atoms. The van der Waals surface area contributed by atoms with Gasteiger partial charge in [-0.1, -0.05) is 12.1 Å². The van der Waals surface area contributed by atoms with Crippen molar-refractivity contribution in [3.05, 3.63) is 35.4 Å². The molecule has 2 saturated heterocycles. The van der Waals surface area contributed by atoms with Crippen molar-refractivity contribution in [2.75, 3.05) is 39.4 Å². The van der Waals surface area contributed by atoms with E-state index in [1.807, 2.05) is 17.0 Å². The Morgan fingerprint density at radius 3 is 2.59 bits per heavy atom. The number of benzene rings is 1. The van der Waals surface area contributed by atoms with Gasteiger partial charge in [-0.05, 0) is 30.5 Å². The Hall–Kier alpha value is -1.43. The molecule has 3 rings (SSSR count). The molecule has 1 atom stereocenters. The molecule has 1 aromatic carbocycles. The lowest BCUT2D eigenvalue weighted by atomic mass is 10.0. The molecule has 2 heterocycles. The Labute approximate surface area is 132 Å². The molecule has 0 aromatic heterocycles. The van der Waals surface area contributed by atoms with Crippen LogP contribution in [0.1, 0.15) is 28.8 Å². The lowest BCUT2D eigenvalue weighted by Gasteiger charge is -2.31. The normalized spacial score (nSPS) is 23.5. The molecule has 2 aliphatic rings. The van der Waals surface area contributed by atoms with Crippen molar-refractivity contribution in [2.24, 2.45) is 5.73 Å². The number of likely N-dealkylation sites (tertiary alicyclic amines) is 1. The van der Waals surface area contributed by atoms with Crippen LogP contribution < -0.4 is 5.73 Å². The summed E-state index contributed by atoms with van der Waals surface area (Å²) in [6, 6.07) is 8.13. The molecule has 5 nitrogen and oxygen atoms in total. The van der Waals surface area contributed by atoms with Crippen LogP contribution in [0.25, 0.3) is 0 Å². The monoisotopic (exact) mass is 303 g/mol. The molecule has 22 heavy (non-hydrogen) atoms. The second-order valence-electron chi connectivity index (χ2n) is 6.24. The Morgan fingerprint density at radius 1 is 1.18 bits per heavy atom. The molecular formula is C17H25N3O2. The molecule has 0 aliphatic carbocycles. The summed E-state index contributed by atoms with van der Waals surface area (Å²) in [6.45, 7) is 6.00. The third-order valence-corrected chi connectivity index (χ3v) is 4.46. The number of hydrogen-bond acceptors (Lipinski definition) is 4. The molecule has 1 unspecified atom stereocenters. The second-order valence-corrected chi connectivity index (χ2v) is 6.24. The van der Waals surface area contributed by atoms with Gasteiger partial charge >= 0.3 is 0 Å². The van der Waals surface area contributed by atoms with Crippen LogP contribution in [-0.4, -0.2) is 61.1 Å². The van der Waals surface area contributed by atoms with Crippen molar-refractivity contribution < 1.29 is 9.53 Å². The molecule has 0 saturated carbocycles. The number of amides is 1. The van der Waals surface area contributed by atoms with E-state index in [1.165, 1.54) is 5.56 Å². The maximum atomic E-state index is 12.5. The zero-order chi connectivity index (χ0) is 15.4. The second kappa shape index (κ2) is 7.22. The number of morpholine rings is 1. The summed E-state index contributed by atoms with van der Waals surface area (Å²) in [4.78, 5) is 16.7. The minimum atomic E-state index is 0.105. The summed E-state index contributed by atoms with van der Waals surface area (Å²) in [5.41, 5.74) is 7.97. The summed E-state index contributed by atoms with van der Waals surface area (Å²) >= 11 is 0. The van der Waals surface area contributed by atoms with Crippen molar-refractivity contribution in [2.45, 2.75) is 25.4 Å². The average molecular weight is 303 g/mol. The van der Waals surface area contributed by atoms with Gasteiger partial charge in [-0.2, -0.15) is 0 Å². The predicted octanol–water partition coefficient (Wildman–Crippen LogP) is 1.08. The molecule has 2 N–H and O–H groups in total. The first kappa shape index (κ1) is 15.5. The number of carbonyl (C=O) groups excluding carboxylic acids is 1. The Morgan fingerprint density at radius 2 is 1.91 bits per heavy atom. The predicted molar refractivity (Wildman–Crippen MR) is 85.7 cm³/mol. The molecule has 5 heteroatoms. The highest BCUT2D eigenvalue weighted by Gasteiger charge is 2.22. The van der Waals surface area contributed by atoms with E-state index in [0.29, 0.717) is 6.54 Å². The van der Waals surface area contributed by atoms with E-state index >= 15 is 0 Å². The number of nitrogens with zero attached hydrogens (tertiary/aromatic N) is 2. The van der Waals surface area contributed by atoms with Crippen molar-refractivity contribution in [1.82, 2.24) is 9.80 Å². The summed E-state index contributed by atoms with van der Waals surface area (Å²) in [5, 5.41) is 0. The quantitative estimate of drug-likeness (QED) is 0.908. The molecule has 0 radical (unpaired) electrons. The number of hydrogen-bond donors (Lipinski definition) is 1. The van der Waals surface area contributed by atoms with Gasteiger partial charge < -0.3 is 15.4 Å². The maximum absolute atomic E-state index is 12.5. The van der Waals surface area contributed by atoms with E-state index in [0.717, 1.165) is 57.8 Å². The number of piperidine rings is 1. The first-order valence-corrected chi connectivity index (χ1v) is 8.16. The molecular weight excluding hydrogens is 278 g/mol. The zero-order valence-corrected chi connectivity index (χ0v) is 13.0. The van der Waals surface area contributed by atoms with Gasteiger partial charge in [0.2, 0.25) is 0 Å². The van der Waals surface area contributed by atoms with Gasteiger partial charge in [-0.3, -0.25) is 9.69 Å². The number of nitrogens with two attached hydrogens (primary N) is 1. The van der Waals surface area contributed by atoms with Crippen LogP contribution in [0.3, 0.4) is 0 Å². The van der Waals surface area contributed by atoms with Gasteiger partial charge in [0.1, 0.15) is 0 Å². The summed E-state index contributed by atoms with van der Waals surface area (Å²) in [6.07, 6.45) is 2.02. The van der Waals surface area contributed by atoms with Crippen LogP contribution in [0.15, 0.2) is 24.3 Å². The van der Waals surface area contributed by atoms with Gasteiger partial charge in [-0.15, -0.1) is 0 Å². The summed E-state index contributed by atoms with van der Waals surface area (Å²) in [5.74, 6) is 0.105. The molecule has 120 valence electrons. The van der Waals surface area contributed by atoms with E-state index in [4.69, 9.17) is 10.5 Å². The highest BCUT2D eigenvalue weighted by molar-refractivity contribution is 5.94. The highest BCUT2D eigenvalue weighted by Crippen LogP contribution is 2.14. The molecule has 0 spiro atoms. The lowest BCUT2D eigenvalue weighted by Crippen LogP contribution is -2.45. The fourth-order valence-electron chi connectivity index (χ4n) is 3.15. The van der Waals surface area contributed by atoms with Crippen molar-refractivity contribution in [3.63, 3.8) is 0 Å². The SMILES string of the molecule is NC1CCCN(C(=O)c2ccc(CN3CCOCC3)cc2)C1. The smallest absolute Gasteiger partial charge is 0.253 e. The van der Waals surface area contributed by atoms with E-state index < -0.39 is 0 Å². The van der Waals surface area contributed by atoms with Gasteiger partial charge in [0.15, 0.2) is 0 Å². The lowest BCUT2D eigenvalue weighted by molar-refractivity contribution is 0.0342. The number of ether oxygens (including phenoxy) is 1. The van der Waals surface area contributed by atoms with Crippen LogP contribution in [-0.2, 0) is 11.3 Å². The fraction of sp³-hybridized carbons (Fsp3) is 0.588. The van der Waals surface area contributed by atoms with E-state index in [2.05, 4.69) is 17.0 Å². The summed E-state index contributed by atoms with van der Waals surface area (Å²) < 4.78 is 5.36. The standard InChI is InChI=1S/C17H25N3O2/c18-16-2-1-7-20(13-16)17(21)15-5-3-14(4-6-15)12-19-8-10-22-11-9-19/h3-6,16H,1-2,7-13,18H2. The van der Waals surface area contributed by atoms with Crippen LogP contribution >= 0.6 is 0 Å². The van der Waals surface area contributed by atoms with Crippen molar-refractivity contribution >= 4 is 5.91 Å². The van der Waals surface area contributed by atoms with Crippen LogP contribution in [0, 0.1) is 0 Å². The first-order valence-electron chi connectivity index (χ1n) is 8.16. The fourth-order valence-corrected chi connectivity index (χ4v) is 3.15. The zero-order valence-electron chi connectivity index (χ0n) is 13.0. The van der Waals surface area contributed by atoms with Gasteiger partial charge in [0, 0.05) is 44.3 Å². The van der Waals surface area contributed by atoms with E-state index in [-0.39, 0.29) is 11.9 Å². The third kappa shape index (κ3) is 3.85. The minimum Gasteiger partial charge on any atom is -0.379 e. The first-order chi connectivity index (χ1) is 10.7. The van der Waals surface area contributed by atoms with Crippen LogP contribution in [0.4, 0.5) is 0 Å². The summed E-state index contributed by atoms with van der Waals surface area (Å²) in [7, 11) is 0. The highest BCUT2D eigenvalue weighted by atomic mass is 16.5. The number of carbonyl (C=O) groups is 1.